The van der Waals surface area contributed by atoms with Crippen LogP contribution in [-0.4, -0.2) is 19.8 Å². The van der Waals surface area contributed by atoms with Crippen LogP contribution in [-0.2, 0) is 0 Å². The molecule has 0 bridgehead atoms. The Kier molecular flexibility index (Phi) is 1.96. The number of hydrogen-bond acceptors (Lipinski definition) is 5. The van der Waals surface area contributed by atoms with E-state index < -0.39 is 0 Å². The fourth-order valence-corrected chi connectivity index (χ4v) is 2.86. The third-order valence-electron chi connectivity index (χ3n) is 3.09. The summed E-state index contributed by atoms with van der Waals surface area (Å²) in [6, 6.07) is 7.76. The first kappa shape index (κ1) is 10.0. The summed E-state index contributed by atoms with van der Waals surface area (Å²) in [5.74, 6) is 1.55. The van der Waals surface area contributed by atoms with Gasteiger partial charge in [-0.3, -0.25) is 0 Å². The minimum atomic E-state index is 0.552. The molecule has 0 saturated heterocycles. The van der Waals surface area contributed by atoms with Crippen molar-refractivity contribution in [3.05, 3.63) is 30.1 Å². The molecule has 0 aliphatic heterocycles. The largest absolute Gasteiger partial charge is 0.399 e. The fourth-order valence-electron chi connectivity index (χ4n) is 2.02. The van der Waals surface area contributed by atoms with Gasteiger partial charge in [0.05, 0.1) is 0 Å². The SMILES string of the molecule is Nc1cccc(-c2nn3c(C4CC4)nnc3s2)c1. The zero-order valence-electron chi connectivity index (χ0n) is 9.58. The minimum Gasteiger partial charge on any atom is -0.399 e. The second kappa shape index (κ2) is 3.52. The average molecular weight is 257 g/mol. The maximum Gasteiger partial charge on any atom is 0.234 e. The number of rotatable bonds is 2. The number of nitrogen functional groups attached to an aromatic ring is 1. The van der Waals surface area contributed by atoms with Crippen LogP contribution in [0.15, 0.2) is 24.3 Å². The van der Waals surface area contributed by atoms with Crippen LogP contribution in [0.2, 0.25) is 0 Å². The lowest BCUT2D eigenvalue weighted by molar-refractivity contribution is 0.828. The van der Waals surface area contributed by atoms with Crippen LogP contribution < -0.4 is 5.73 Å². The van der Waals surface area contributed by atoms with Crippen LogP contribution >= 0.6 is 11.3 Å². The molecule has 0 unspecified atom stereocenters. The van der Waals surface area contributed by atoms with Gasteiger partial charge in [-0.05, 0) is 25.0 Å². The van der Waals surface area contributed by atoms with Gasteiger partial charge in [0.15, 0.2) is 5.82 Å². The number of nitrogens with zero attached hydrogens (tertiary/aromatic N) is 4. The van der Waals surface area contributed by atoms with E-state index in [1.807, 2.05) is 28.8 Å². The van der Waals surface area contributed by atoms with E-state index in [1.54, 1.807) is 11.3 Å². The standard InChI is InChI=1S/C12H11N5S/c13-9-3-1-2-8(6-9)11-16-17-10(7-4-5-7)14-15-12(17)18-11/h1-3,6-7H,4-5,13H2. The molecule has 90 valence electrons. The third-order valence-corrected chi connectivity index (χ3v) is 4.04. The second-order valence-corrected chi connectivity index (χ2v) is 5.52. The lowest BCUT2D eigenvalue weighted by atomic mass is 10.2. The summed E-state index contributed by atoms with van der Waals surface area (Å²) in [5, 5.41) is 13.9. The second-order valence-electron chi connectivity index (χ2n) is 4.56. The number of hydrogen-bond donors (Lipinski definition) is 1. The zero-order valence-corrected chi connectivity index (χ0v) is 10.4. The molecule has 18 heavy (non-hydrogen) atoms. The van der Waals surface area contributed by atoms with Gasteiger partial charge >= 0.3 is 0 Å². The highest BCUT2D eigenvalue weighted by atomic mass is 32.1. The first-order valence-electron chi connectivity index (χ1n) is 5.89. The summed E-state index contributed by atoms with van der Waals surface area (Å²) in [4.78, 5) is 0.856. The summed E-state index contributed by atoms with van der Waals surface area (Å²) in [5.41, 5.74) is 7.58. The molecular formula is C12H11N5S. The highest BCUT2D eigenvalue weighted by Crippen LogP contribution is 2.39. The van der Waals surface area contributed by atoms with Crippen LogP contribution in [0.5, 0.6) is 0 Å². The van der Waals surface area contributed by atoms with Crippen LogP contribution in [0.1, 0.15) is 24.6 Å². The molecule has 1 aliphatic rings. The normalized spacial score (nSPS) is 15.3. The van der Waals surface area contributed by atoms with E-state index >= 15 is 0 Å². The summed E-state index contributed by atoms with van der Waals surface area (Å²) in [6.45, 7) is 0. The molecule has 0 atom stereocenters. The van der Waals surface area contributed by atoms with E-state index in [1.165, 1.54) is 12.8 Å². The summed E-state index contributed by atoms with van der Waals surface area (Å²) in [7, 11) is 0. The van der Waals surface area contributed by atoms with Crippen molar-refractivity contribution in [1.29, 1.82) is 0 Å². The molecular weight excluding hydrogens is 246 g/mol. The molecule has 1 fully saturated rings. The van der Waals surface area contributed by atoms with Crippen molar-refractivity contribution in [2.75, 3.05) is 5.73 Å². The summed E-state index contributed by atoms with van der Waals surface area (Å²) in [6.07, 6.45) is 2.40. The lowest BCUT2D eigenvalue weighted by Gasteiger charge is -1.96. The molecule has 0 spiro atoms. The number of aromatic nitrogens is 4. The van der Waals surface area contributed by atoms with Crippen molar-refractivity contribution in [1.82, 2.24) is 19.8 Å². The van der Waals surface area contributed by atoms with Crippen LogP contribution in [0.25, 0.3) is 15.5 Å². The van der Waals surface area contributed by atoms with Crippen molar-refractivity contribution in [2.45, 2.75) is 18.8 Å². The molecule has 1 aromatic carbocycles. The molecule has 2 aromatic heterocycles. The molecule has 5 nitrogen and oxygen atoms in total. The zero-order chi connectivity index (χ0) is 12.1. The van der Waals surface area contributed by atoms with Crippen LogP contribution in [0.4, 0.5) is 5.69 Å². The van der Waals surface area contributed by atoms with Gasteiger partial charge in [-0.2, -0.15) is 9.61 Å². The van der Waals surface area contributed by atoms with Gasteiger partial charge in [-0.1, -0.05) is 23.5 Å². The first-order chi connectivity index (χ1) is 8.81. The molecule has 1 saturated carbocycles. The Labute approximate surface area is 107 Å². The maximum absolute atomic E-state index is 5.80. The Balaban J connectivity index is 1.86. The van der Waals surface area contributed by atoms with Gasteiger partial charge in [0.25, 0.3) is 0 Å². The smallest absolute Gasteiger partial charge is 0.234 e. The van der Waals surface area contributed by atoms with E-state index in [2.05, 4.69) is 15.3 Å². The minimum absolute atomic E-state index is 0.552. The van der Waals surface area contributed by atoms with Crippen LogP contribution in [0.3, 0.4) is 0 Å². The lowest BCUT2D eigenvalue weighted by Crippen LogP contribution is -1.93. The molecule has 2 N–H and O–H groups in total. The van der Waals surface area contributed by atoms with E-state index in [4.69, 9.17) is 5.73 Å². The summed E-state index contributed by atoms with van der Waals surface area (Å²) >= 11 is 1.55. The van der Waals surface area contributed by atoms with E-state index in [0.717, 1.165) is 27.0 Å². The van der Waals surface area contributed by atoms with Crippen molar-refractivity contribution in [2.24, 2.45) is 0 Å². The van der Waals surface area contributed by atoms with Gasteiger partial charge in [0.2, 0.25) is 4.96 Å². The number of nitrogens with two attached hydrogens (primary N) is 1. The third kappa shape index (κ3) is 1.49. The predicted octanol–water partition coefficient (Wildman–Crippen LogP) is 2.31. The fraction of sp³-hybridized carbons (Fsp3) is 0.250. The highest BCUT2D eigenvalue weighted by Gasteiger charge is 2.30. The Bertz CT molecular complexity index is 725. The highest BCUT2D eigenvalue weighted by molar-refractivity contribution is 7.19. The first-order valence-corrected chi connectivity index (χ1v) is 6.71. The maximum atomic E-state index is 5.80. The Morgan fingerprint density at radius 3 is 2.94 bits per heavy atom. The van der Waals surface area contributed by atoms with E-state index in [-0.39, 0.29) is 0 Å². The predicted molar refractivity (Wildman–Crippen MR) is 70.5 cm³/mol. The Morgan fingerprint density at radius 2 is 2.17 bits per heavy atom. The molecule has 4 rings (SSSR count). The van der Waals surface area contributed by atoms with E-state index in [0.29, 0.717) is 5.92 Å². The molecule has 2 heterocycles. The molecule has 0 amide bonds. The molecule has 0 radical (unpaired) electrons. The number of fused-ring (bicyclic) bond motifs is 1. The Hall–Kier alpha value is -1.95. The molecule has 3 aromatic rings. The van der Waals surface area contributed by atoms with Gasteiger partial charge in [-0.25, -0.2) is 0 Å². The van der Waals surface area contributed by atoms with E-state index in [9.17, 15) is 0 Å². The monoisotopic (exact) mass is 257 g/mol. The molecule has 6 heteroatoms. The van der Waals surface area contributed by atoms with Crippen molar-refractivity contribution in [3.8, 4) is 10.6 Å². The van der Waals surface area contributed by atoms with Gasteiger partial charge < -0.3 is 5.73 Å². The molecule has 1 aliphatic carbocycles. The quantitative estimate of drug-likeness (QED) is 0.715. The summed E-state index contributed by atoms with van der Waals surface area (Å²) < 4.78 is 1.88. The van der Waals surface area contributed by atoms with Crippen molar-refractivity contribution >= 4 is 22.0 Å². The van der Waals surface area contributed by atoms with Crippen molar-refractivity contribution < 1.29 is 0 Å². The van der Waals surface area contributed by atoms with Gasteiger partial charge in [0.1, 0.15) is 5.01 Å². The average Bonchev–Trinajstić information content (AvgIpc) is 2.99. The van der Waals surface area contributed by atoms with Gasteiger partial charge in [0, 0.05) is 17.2 Å². The number of benzene rings is 1. The Morgan fingerprint density at radius 1 is 1.28 bits per heavy atom. The van der Waals surface area contributed by atoms with Crippen molar-refractivity contribution in [3.63, 3.8) is 0 Å². The topological polar surface area (TPSA) is 69.1 Å². The number of anilines is 1. The van der Waals surface area contributed by atoms with Gasteiger partial charge in [-0.15, -0.1) is 10.2 Å². The van der Waals surface area contributed by atoms with Crippen LogP contribution in [0, 0.1) is 0 Å².